The number of aromatic hydroxyl groups is 1. The summed E-state index contributed by atoms with van der Waals surface area (Å²) in [5.74, 6) is -1.24. The predicted octanol–water partition coefficient (Wildman–Crippen LogP) is 4.04. The summed E-state index contributed by atoms with van der Waals surface area (Å²) in [7, 11) is 5.52. The van der Waals surface area contributed by atoms with Crippen molar-refractivity contribution < 1.29 is 48.3 Å². The van der Waals surface area contributed by atoms with Crippen LogP contribution in [0.15, 0.2) is 41.5 Å². The van der Waals surface area contributed by atoms with Gasteiger partial charge in [-0.15, -0.1) is 0 Å². The van der Waals surface area contributed by atoms with Gasteiger partial charge in [-0.25, -0.2) is 9.59 Å². The maximum Gasteiger partial charge on any atom is 0.411 e. The van der Waals surface area contributed by atoms with Crippen molar-refractivity contribution in [3.8, 4) is 11.5 Å². The van der Waals surface area contributed by atoms with E-state index in [4.69, 9.17) is 29.4 Å². The normalized spacial score (nSPS) is 28.3. The number of hydrogen-bond donors (Lipinski definition) is 5. The van der Waals surface area contributed by atoms with E-state index in [-0.39, 0.29) is 40.8 Å². The Labute approximate surface area is 258 Å². The minimum atomic E-state index is -1.00. The highest BCUT2D eigenvalue weighted by Gasteiger charge is 2.30. The summed E-state index contributed by atoms with van der Waals surface area (Å²) in [5, 5.41) is 27.8. The van der Waals surface area contributed by atoms with Crippen molar-refractivity contribution in [3.63, 3.8) is 0 Å². The van der Waals surface area contributed by atoms with E-state index in [1.165, 1.54) is 40.6 Å². The van der Waals surface area contributed by atoms with Crippen molar-refractivity contribution in [3.05, 3.63) is 47.1 Å². The number of amides is 3. The van der Waals surface area contributed by atoms with E-state index in [0.717, 1.165) is 0 Å². The van der Waals surface area contributed by atoms with Crippen molar-refractivity contribution in [2.75, 3.05) is 39.1 Å². The third kappa shape index (κ3) is 9.46. The van der Waals surface area contributed by atoms with Gasteiger partial charge in [-0.05, 0) is 44.2 Å². The van der Waals surface area contributed by atoms with E-state index >= 15 is 0 Å². The average molecular weight is 620 g/mol. The van der Waals surface area contributed by atoms with E-state index in [2.05, 4.69) is 10.6 Å². The number of methoxy groups -OCH3 is 4. The number of ether oxygens (including phenoxy) is 5. The van der Waals surface area contributed by atoms with E-state index in [1.807, 2.05) is 6.92 Å². The van der Waals surface area contributed by atoms with Gasteiger partial charge in [0.1, 0.15) is 17.6 Å². The van der Waals surface area contributed by atoms with Crippen molar-refractivity contribution in [2.45, 2.75) is 65.0 Å². The third-order valence-electron chi connectivity index (χ3n) is 7.43. The highest BCUT2D eigenvalue weighted by atomic mass is 16.6. The second-order valence-electron chi connectivity index (χ2n) is 10.8. The minimum Gasteiger partial charge on any atom is -0.505 e. The van der Waals surface area contributed by atoms with Crippen molar-refractivity contribution in [1.29, 1.82) is 0 Å². The van der Waals surface area contributed by atoms with Crippen LogP contribution < -0.4 is 21.1 Å². The Kier molecular flexibility index (Phi) is 13.7. The van der Waals surface area contributed by atoms with Crippen molar-refractivity contribution in [2.24, 2.45) is 17.6 Å². The van der Waals surface area contributed by atoms with Gasteiger partial charge >= 0.3 is 12.2 Å². The predicted molar refractivity (Wildman–Crippen MR) is 165 cm³/mol. The number of nitrogens with two attached hydrogens (primary N) is 1. The van der Waals surface area contributed by atoms with Crippen LogP contribution in [-0.2, 0) is 30.2 Å². The molecule has 1 aliphatic rings. The number of rotatable bonds is 5. The first-order valence-corrected chi connectivity index (χ1v) is 14.1. The van der Waals surface area contributed by atoms with Crippen LogP contribution in [0.3, 0.4) is 0 Å². The fourth-order valence-corrected chi connectivity index (χ4v) is 5.09. The molecule has 2 rings (SSSR count). The van der Waals surface area contributed by atoms with Crippen molar-refractivity contribution >= 4 is 29.5 Å². The number of phenolic OH excluding ortho intramolecular Hbond substituents is 1. The molecule has 0 aliphatic carbocycles. The Morgan fingerprint density at radius 3 is 2.36 bits per heavy atom. The smallest absolute Gasteiger partial charge is 0.411 e. The van der Waals surface area contributed by atoms with Gasteiger partial charge in [0.15, 0.2) is 6.10 Å². The number of aliphatic hydroxyl groups is 1. The summed E-state index contributed by atoms with van der Waals surface area (Å²) in [4.78, 5) is 37.0. The molecule has 6 atom stereocenters. The van der Waals surface area contributed by atoms with Crippen LogP contribution in [0.2, 0.25) is 0 Å². The number of hydrogen-bond acceptors (Lipinski definition) is 10. The van der Waals surface area contributed by atoms with Gasteiger partial charge < -0.3 is 44.9 Å². The van der Waals surface area contributed by atoms with Gasteiger partial charge in [0.05, 0.1) is 37.8 Å². The summed E-state index contributed by atoms with van der Waals surface area (Å²) < 4.78 is 26.9. The Hall–Kier alpha value is -4.07. The number of phenols is 1. The number of fused-ring (bicyclic) bond motifs is 2. The number of anilines is 2. The average Bonchev–Trinajstić information content (AvgIpc) is 2.98. The van der Waals surface area contributed by atoms with Crippen LogP contribution in [-0.4, -0.2) is 81.2 Å². The number of aliphatic hydroxyl groups excluding tert-OH is 1. The fourth-order valence-electron chi connectivity index (χ4n) is 5.09. The molecule has 13 nitrogen and oxygen atoms in total. The Morgan fingerprint density at radius 1 is 1.11 bits per heavy atom. The molecule has 1 aromatic carbocycles. The van der Waals surface area contributed by atoms with Crippen LogP contribution >= 0.6 is 0 Å². The first-order valence-electron chi connectivity index (χ1n) is 14.1. The second-order valence-corrected chi connectivity index (χ2v) is 10.8. The number of carbonyl (C=O) groups is 3. The molecule has 3 amide bonds. The lowest BCUT2D eigenvalue weighted by Crippen LogP contribution is -2.37. The summed E-state index contributed by atoms with van der Waals surface area (Å²) in [5.41, 5.74) is 6.73. The molecule has 1 aromatic rings. The SMILES string of the molecule is COC(=O)Nc1cc2c(O)c(c1OC)C[C@@H](C)C[C@H](OC)[C@H](O)[C@@H](C)/C=C(\C)[C@H](OC(N)=O)[C@@H](OC)/C=C\C=C(/C)C(=O)N2. The van der Waals surface area contributed by atoms with Crippen LogP contribution in [0, 0.1) is 11.8 Å². The van der Waals surface area contributed by atoms with Crippen molar-refractivity contribution in [1.82, 2.24) is 0 Å². The second kappa shape index (κ2) is 16.7. The number of allylic oxidation sites excluding steroid dienone is 2. The number of benzene rings is 1. The molecule has 6 N–H and O–H groups in total. The molecular formula is C31H45N3O10. The molecule has 1 heterocycles. The summed E-state index contributed by atoms with van der Waals surface area (Å²) in [6.07, 6.45) is 1.96. The van der Waals surface area contributed by atoms with Crippen LogP contribution in [0.1, 0.15) is 39.7 Å². The van der Waals surface area contributed by atoms with Crippen LogP contribution in [0.5, 0.6) is 11.5 Å². The minimum absolute atomic E-state index is 0.0283. The summed E-state index contributed by atoms with van der Waals surface area (Å²) in [6.45, 7) is 7.01. The van der Waals surface area contributed by atoms with E-state index in [9.17, 15) is 24.6 Å². The third-order valence-corrected chi connectivity index (χ3v) is 7.43. The molecule has 0 radical (unpaired) electrons. The molecule has 1 aliphatic heterocycles. The quantitative estimate of drug-likeness (QED) is 0.183. The van der Waals surface area contributed by atoms with Gasteiger partial charge in [-0.2, -0.15) is 0 Å². The first-order chi connectivity index (χ1) is 20.8. The maximum absolute atomic E-state index is 13.1. The molecule has 0 unspecified atom stereocenters. The monoisotopic (exact) mass is 619 g/mol. The summed E-state index contributed by atoms with van der Waals surface area (Å²) >= 11 is 0. The van der Waals surface area contributed by atoms with Crippen LogP contribution in [0.4, 0.5) is 21.0 Å². The lowest BCUT2D eigenvalue weighted by molar-refractivity contribution is -0.112. The van der Waals surface area contributed by atoms with Gasteiger partial charge in [-0.1, -0.05) is 38.2 Å². The molecule has 0 saturated carbocycles. The van der Waals surface area contributed by atoms with E-state index in [0.29, 0.717) is 17.6 Å². The molecule has 44 heavy (non-hydrogen) atoms. The fraction of sp³-hybridized carbons (Fsp3) is 0.516. The molecular weight excluding hydrogens is 574 g/mol. The highest BCUT2D eigenvalue weighted by Crippen LogP contribution is 2.43. The highest BCUT2D eigenvalue weighted by molar-refractivity contribution is 6.05. The van der Waals surface area contributed by atoms with E-state index < -0.39 is 48.4 Å². The van der Waals surface area contributed by atoms with Gasteiger partial charge in [-0.3, -0.25) is 10.1 Å². The Morgan fingerprint density at radius 2 is 1.80 bits per heavy atom. The Balaban J connectivity index is 2.73. The van der Waals surface area contributed by atoms with Gasteiger partial charge in [0, 0.05) is 31.3 Å². The molecule has 0 saturated heterocycles. The standard InChI is InChI=1S/C31H45N3O10/c1-16-12-20-26(36)21(15-22(28(20)42-7)34-31(39)43-8)33-29(37)17(2)10-9-11-23(40-5)27(44-30(32)38)19(4)14-18(3)25(35)24(13-16)41-6/h9-11,14-16,18,23-25,27,35-36H,12-13H2,1-8H3,(H2,32,38)(H,33,37)(H,34,39)/b11-9-,17-10+,19-14+/t16-,18+,23+,24+,25-,27+/m1/s1. The van der Waals surface area contributed by atoms with E-state index in [1.54, 1.807) is 39.0 Å². The molecule has 0 aromatic heterocycles. The zero-order chi connectivity index (χ0) is 33.1. The molecule has 0 fully saturated rings. The zero-order valence-corrected chi connectivity index (χ0v) is 26.5. The van der Waals surface area contributed by atoms with Crippen LogP contribution in [0.25, 0.3) is 0 Å². The number of nitrogens with one attached hydrogen (secondary N) is 2. The topological polar surface area (TPSA) is 188 Å². The van der Waals surface area contributed by atoms with Gasteiger partial charge in [0.25, 0.3) is 5.91 Å². The lowest BCUT2D eigenvalue weighted by atomic mass is 9.87. The molecule has 0 spiro atoms. The molecule has 13 heteroatoms. The largest absolute Gasteiger partial charge is 0.505 e. The first kappa shape index (κ1) is 36.1. The zero-order valence-electron chi connectivity index (χ0n) is 26.5. The maximum atomic E-state index is 13.1. The molecule has 2 bridgehead atoms. The number of primary amides is 1. The summed E-state index contributed by atoms with van der Waals surface area (Å²) in [6, 6.07) is 1.37. The Bertz CT molecular complexity index is 1280. The number of carbonyl (C=O) groups excluding carboxylic acids is 3. The van der Waals surface area contributed by atoms with Gasteiger partial charge in [0.2, 0.25) is 0 Å². The molecule has 244 valence electrons. The lowest BCUT2D eigenvalue weighted by Gasteiger charge is -2.29.